The third-order valence-corrected chi connectivity index (χ3v) is 3.79. The highest BCUT2D eigenvalue weighted by atomic mass is 16.4. The molecule has 7 nitrogen and oxygen atoms in total. The molecule has 0 aromatic carbocycles. The molecule has 2 atom stereocenters. The van der Waals surface area contributed by atoms with Gasteiger partial charge in [0.05, 0.1) is 6.33 Å². The van der Waals surface area contributed by atoms with Gasteiger partial charge in [0.1, 0.15) is 6.04 Å². The zero-order valence-electron chi connectivity index (χ0n) is 12.0. The quantitative estimate of drug-likeness (QED) is 0.578. The van der Waals surface area contributed by atoms with E-state index in [1.807, 2.05) is 0 Å². The highest BCUT2D eigenvalue weighted by Crippen LogP contribution is 2.15. The lowest BCUT2D eigenvalue weighted by molar-refractivity contribution is -0.141. The van der Waals surface area contributed by atoms with Crippen molar-refractivity contribution in [2.45, 2.75) is 38.1 Å². The van der Waals surface area contributed by atoms with E-state index < -0.39 is 12.0 Å². The van der Waals surface area contributed by atoms with E-state index in [1.165, 1.54) is 6.33 Å². The number of carboxylic acids is 1. The van der Waals surface area contributed by atoms with Crippen LogP contribution in [0.3, 0.4) is 0 Å². The first-order valence-electron chi connectivity index (χ1n) is 7.35. The van der Waals surface area contributed by atoms with E-state index >= 15 is 0 Å². The third-order valence-electron chi connectivity index (χ3n) is 3.79. The average Bonchev–Trinajstić information content (AvgIpc) is 2.98. The number of carbonyl (C=O) groups excluding carboxylic acids is 1. The molecule has 21 heavy (non-hydrogen) atoms. The van der Waals surface area contributed by atoms with Crippen LogP contribution < -0.4 is 10.6 Å². The van der Waals surface area contributed by atoms with Crippen LogP contribution in [0.2, 0.25) is 0 Å². The molecule has 0 saturated carbocycles. The molecule has 0 aliphatic carbocycles. The average molecular weight is 294 g/mol. The van der Waals surface area contributed by atoms with Crippen LogP contribution in [0.1, 0.15) is 31.4 Å². The van der Waals surface area contributed by atoms with Crippen molar-refractivity contribution in [3.63, 3.8) is 0 Å². The van der Waals surface area contributed by atoms with Crippen molar-refractivity contribution in [2.24, 2.45) is 5.92 Å². The lowest BCUT2D eigenvalue weighted by Crippen LogP contribution is -2.42. The topological polar surface area (TPSA) is 107 Å². The summed E-state index contributed by atoms with van der Waals surface area (Å²) in [6, 6.07) is -0.914. The monoisotopic (exact) mass is 294 g/mol. The van der Waals surface area contributed by atoms with Crippen LogP contribution in [0, 0.1) is 5.92 Å². The Morgan fingerprint density at radius 2 is 2.38 bits per heavy atom. The van der Waals surface area contributed by atoms with E-state index in [9.17, 15) is 14.7 Å². The molecule has 0 radical (unpaired) electrons. The zero-order valence-corrected chi connectivity index (χ0v) is 12.0. The standard InChI is InChI=1S/C14H22N4O3/c19-13(4-3-10-2-1-5-15-7-10)18-12(14(20)21)6-11-8-16-9-17-11/h8-10,12,15H,1-7H2,(H,16,17)(H,18,19)(H,20,21). The van der Waals surface area contributed by atoms with Crippen LogP contribution >= 0.6 is 0 Å². The number of hydrogen-bond acceptors (Lipinski definition) is 4. The molecule has 4 N–H and O–H groups in total. The number of aromatic amines is 1. The van der Waals surface area contributed by atoms with Gasteiger partial charge in [-0.2, -0.15) is 0 Å². The summed E-state index contributed by atoms with van der Waals surface area (Å²) >= 11 is 0. The van der Waals surface area contributed by atoms with Crippen LogP contribution in [0.5, 0.6) is 0 Å². The van der Waals surface area contributed by atoms with Gasteiger partial charge in [-0.05, 0) is 38.3 Å². The SMILES string of the molecule is O=C(CCC1CCCNC1)NC(Cc1cnc[nH]1)C(=O)O. The van der Waals surface area contributed by atoms with Crippen molar-refractivity contribution >= 4 is 11.9 Å². The summed E-state index contributed by atoms with van der Waals surface area (Å²) in [5.41, 5.74) is 0.694. The van der Waals surface area contributed by atoms with Crippen LogP contribution in [0.15, 0.2) is 12.5 Å². The maximum atomic E-state index is 11.9. The number of hydrogen-bond donors (Lipinski definition) is 4. The van der Waals surface area contributed by atoms with E-state index in [0.717, 1.165) is 32.4 Å². The molecule has 116 valence electrons. The van der Waals surface area contributed by atoms with E-state index in [-0.39, 0.29) is 12.3 Å². The fourth-order valence-electron chi connectivity index (χ4n) is 2.59. The van der Waals surface area contributed by atoms with Crippen molar-refractivity contribution in [3.05, 3.63) is 18.2 Å². The summed E-state index contributed by atoms with van der Waals surface area (Å²) in [4.78, 5) is 29.8. The van der Waals surface area contributed by atoms with Gasteiger partial charge in [-0.15, -0.1) is 0 Å². The zero-order chi connectivity index (χ0) is 15.1. The number of aliphatic carboxylic acids is 1. The van der Waals surface area contributed by atoms with Gasteiger partial charge in [0.2, 0.25) is 5.91 Å². The first-order chi connectivity index (χ1) is 10.1. The normalized spacial score (nSPS) is 19.9. The highest BCUT2D eigenvalue weighted by Gasteiger charge is 2.22. The van der Waals surface area contributed by atoms with Crippen molar-refractivity contribution < 1.29 is 14.7 Å². The van der Waals surface area contributed by atoms with Gasteiger partial charge >= 0.3 is 5.97 Å². The van der Waals surface area contributed by atoms with Crippen molar-refractivity contribution in [1.29, 1.82) is 0 Å². The van der Waals surface area contributed by atoms with Gasteiger partial charge in [-0.25, -0.2) is 9.78 Å². The smallest absolute Gasteiger partial charge is 0.326 e. The fraction of sp³-hybridized carbons (Fsp3) is 0.643. The minimum absolute atomic E-state index is 0.201. The molecule has 2 unspecified atom stereocenters. The van der Waals surface area contributed by atoms with Crippen molar-refractivity contribution in [3.8, 4) is 0 Å². The molecule has 1 aliphatic rings. The summed E-state index contributed by atoms with van der Waals surface area (Å²) in [5, 5.41) is 15.1. The first-order valence-corrected chi connectivity index (χ1v) is 7.35. The van der Waals surface area contributed by atoms with Crippen LogP contribution in [-0.4, -0.2) is 46.1 Å². The Kier molecular flexibility index (Phi) is 5.74. The molecular weight excluding hydrogens is 272 g/mol. The van der Waals surface area contributed by atoms with Gasteiger partial charge in [-0.1, -0.05) is 0 Å². The Bertz CT molecular complexity index is 455. The number of carbonyl (C=O) groups is 2. The molecule has 2 heterocycles. The minimum atomic E-state index is -1.03. The Balaban J connectivity index is 1.76. The molecule has 2 rings (SSSR count). The summed E-state index contributed by atoms with van der Waals surface area (Å²) in [5.74, 6) is -0.717. The maximum absolute atomic E-state index is 11.9. The molecule has 1 amide bonds. The summed E-state index contributed by atoms with van der Waals surface area (Å²) in [6.07, 6.45) is 6.73. The Labute approximate surface area is 123 Å². The van der Waals surface area contributed by atoms with E-state index in [1.54, 1.807) is 6.20 Å². The lowest BCUT2D eigenvalue weighted by Gasteiger charge is -2.22. The first kappa shape index (κ1) is 15.5. The van der Waals surface area contributed by atoms with Crippen molar-refractivity contribution in [2.75, 3.05) is 13.1 Å². The van der Waals surface area contributed by atoms with Gasteiger partial charge in [0, 0.05) is 24.7 Å². The number of nitrogens with one attached hydrogen (secondary N) is 3. The molecule has 0 bridgehead atoms. The Morgan fingerprint density at radius 1 is 1.52 bits per heavy atom. The van der Waals surface area contributed by atoms with Gasteiger partial charge < -0.3 is 20.7 Å². The molecule has 1 aliphatic heterocycles. The maximum Gasteiger partial charge on any atom is 0.326 e. The van der Waals surface area contributed by atoms with E-state index in [0.29, 0.717) is 18.0 Å². The van der Waals surface area contributed by atoms with Gasteiger partial charge in [0.15, 0.2) is 0 Å². The number of rotatable bonds is 7. The van der Waals surface area contributed by atoms with Gasteiger partial charge in [0.25, 0.3) is 0 Å². The van der Waals surface area contributed by atoms with Crippen LogP contribution in [-0.2, 0) is 16.0 Å². The number of piperidine rings is 1. The van der Waals surface area contributed by atoms with Gasteiger partial charge in [-0.3, -0.25) is 4.79 Å². The van der Waals surface area contributed by atoms with E-state index in [4.69, 9.17) is 0 Å². The predicted molar refractivity (Wildman–Crippen MR) is 76.7 cm³/mol. The number of imidazole rings is 1. The van der Waals surface area contributed by atoms with Crippen LogP contribution in [0.25, 0.3) is 0 Å². The molecule has 1 aromatic rings. The largest absolute Gasteiger partial charge is 0.480 e. The predicted octanol–water partition coefficient (Wildman–Crippen LogP) is 0.301. The molecule has 1 aromatic heterocycles. The third kappa shape index (κ3) is 5.18. The second-order valence-corrected chi connectivity index (χ2v) is 5.49. The fourth-order valence-corrected chi connectivity index (χ4v) is 2.59. The number of carboxylic acid groups (broad SMARTS) is 1. The van der Waals surface area contributed by atoms with Crippen molar-refractivity contribution in [1.82, 2.24) is 20.6 Å². The molecular formula is C14H22N4O3. The second-order valence-electron chi connectivity index (χ2n) is 5.49. The summed E-state index contributed by atoms with van der Waals surface area (Å²) in [7, 11) is 0. The molecule has 1 saturated heterocycles. The highest BCUT2D eigenvalue weighted by molar-refractivity contribution is 5.83. The summed E-state index contributed by atoms with van der Waals surface area (Å²) < 4.78 is 0. The molecule has 0 spiro atoms. The molecule has 1 fully saturated rings. The number of amides is 1. The number of H-pyrrole nitrogens is 1. The Morgan fingerprint density at radius 3 is 3.00 bits per heavy atom. The van der Waals surface area contributed by atoms with E-state index in [2.05, 4.69) is 20.6 Å². The summed E-state index contributed by atoms with van der Waals surface area (Å²) in [6.45, 7) is 2.00. The number of aromatic nitrogens is 2. The number of nitrogens with zero attached hydrogens (tertiary/aromatic N) is 1. The lowest BCUT2D eigenvalue weighted by atomic mass is 9.94. The molecule has 7 heteroatoms. The van der Waals surface area contributed by atoms with Crippen LogP contribution in [0.4, 0.5) is 0 Å². The minimum Gasteiger partial charge on any atom is -0.480 e. The second kappa shape index (κ2) is 7.78. The Hall–Kier alpha value is -1.89.